The van der Waals surface area contributed by atoms with Crippen LogP contribution in [0.4, 0.5) is 0 Å². The van der Waals surface area contributed by atoms with Crippen molar-refractivity contribution in [2.45, 2.75) is 33.1 Å². The van der Waals surface area contributed by atoms with Gasteiger partial charge in [0.2, 0.25) is 0 Å². The summed E-state index contributed by atoms with van der Waals surface area (Å²) in [7, 11) is 0. The summed E-state index contributed by atoms with van der Waals surface area (Å²) < 4.78 is 0. The third-order valence-electron chi connectivity index (χ3n) is 2.89. The van der Waals surface area contributed by atoms with E-state index in [0.29, 0.717) is 6.61 Å². The third kappa shape index (κ3) is 3.65. The lowest BCUT2D eigenvalue weighted by Crippen LogP contribution is -2.47. The molecule has 0 spiro atoms. The second-order valence-electron chi connectivity index (χ2n) is 4.49. The van der Waals surface area contributed by atoms with Crippen LogP contribution in [0.15, 0.2) is 0 Å². The topological polar surface area (TPSA) is 23.5 Å². The zero-order chi connectivity index (χ0) is 9.68. The van der Waals surface area contributed by atoms with E-state index in [-0.39, 0.29) is 0 Å². The van der Waals surface area contributed by atoms with Gasteiger partial charge in [-0.3, -0.25) is 0 Å². The Balaban J connectivity index is 2.14. The first-order valence-corrected chi connectivity index (χ1v) is 5.59. The lowest BCUT2D eigenvalue weighted by molar-refractivity contribution is 0.0828. The lowest BCUT2D eigenvalue weighted by atomic mass is 9.95. The van der Waals surface area contributed by atoms with E-state index in [1.807, 2.05) is 0 Å². The summed E-state index contributed by atoms with van der Waals surface area (Å²) in [6.07, 6.45) is 3.50. The average Bonchev–Trinajstić information content (AvgIpc) is 2.02. The van der Waals surface area contributed by atoms with Gasteiger partial charge in [0.1, 0.15) is 0 Å². The predicted molar refractivity (Wildman–Crippen MR) is 55.7 cm³/mol. The molecule has 1 saturated heterocycles. The molecule has 1 atom stereocenters. The summed E-state index contributed by atoms with van der Waals surface area (Å²) in [6, 6.07) is 0. The maximum atomic E-state index is 8.90. The first-order valence-electron chi connectivity index (χ1n) is 5.59. The number of nitrogens with zero attached hydrogens (tertiary/aromatic N) is 1. The highest BCUT2D eigenvalue weighted by Crippen LogP contribution is 2.19. The van der Waals surface area contributed by atoms with Crippen molar-refractivity contribution in [1.82, 2.24) is 4.90 Å². The molecule has 0 aromatic rings. The summed E-state index contributed by atoms with van der Waals surface area (Å²) in [6.45, 7) is 8.63. The molecule has 2 heteroatoms. The Hall–Kier alpha value is -0.0800. The monoisotopic (exact) mass is 185 g/mol. The molecule has 0 radical (unpaired) electrons. The molecule has 1 unspecified atom stereocenters. The van der Waals surface area contributed by atoms with E-state index >= 15 is 0 Å². The summed E-state index contributed by atoms with van der Waals surface area (Å²) in [5.74, 6) is 1.62. The molecule has 0 bridgehead atoms. The minimum atomic E-state index is 0.355. The summed E-state index contributed by atoms with van der Waals surface area (Å²) in [5, 5.41) is 8.90. The molecule has 1 rings (SSSR count). The van der Waals surface area contributed by atoms with Crippen LogP contribution in [0.1, 0.15) is 33.1 Å². The van der Waals surface area contributed by atoms with Gasteiger partial charge in [-0.25, -0.2) is 0 Å². The Bertz CT molecular complexity index is 126. The van der Waals surface area contributed by atoms with Crippen molar-refractivity contribution in [2.75, 3.05) is 26.2 Å². The summed E-state index contributed by atoms with van der Waals surface area (Å²) >= 11 is 0. The van der Waals surface area contributed by atoms with Crippen LogP contribution in [0.25, 0.3) is 0 Å². The predicted octanol–water partition coefficient (Wildman–Crippen LogP) is 1.74. The normalized spacial score (nSPS) is 21.5. The Morgan fingerprint density at radius 2 is 2.08 bits per heavy atom. The van der Waals surface area contributed by atoms with Crippen molar-refractivity contribution >= 4 is 0 Å². The number of hydrogen-bond donors (Lipinski definition) is 1. The number of aliphatic hydroxyl groups is 1. The minimum Gasteiger partial charge on any atom is -0.396 e. The van der Waals surface area contributed by atoms with E-state index in [1.165, 1.54) is 32.5 Å². The van der Waals surface area contributed by atoms with Crippen molar-refractivity contribution < 1.29 is 5.11 Å². The molecule has 2 nitrogen and oxygen atoms in total. The lowest BCUT2D eigenvalue weighted by Gasteiger charge is -2.39. The largest absolute Gasteiger partial charge is 0.396 e. The first-order chi connectivity index (χ1) is 6.26. The van der Waals surface area contributed by atoms with Crippen LogP contribution in [-0.2, 0) is 0 Å². The Kier molecular flexibility index (Phi) is 4.74. The highest BCUT2D eigenvalue weighted by molar-refractivity contribution is 4.78. The maximum Gasteiger partial charge on any atom is 0.0434 e. The van der Waals surface area contributed by atoms with Crippen molar-refractivity contribution in [1.29, 1.82) is 0 Å². The Morgan fingerprint density at radius 1 is 1.38 bits per heavy atom. The Morgan fingerprint density at radius 3 is 2.54 bits per heavy atom. The van der Waals surface area contributed by atoms with Crippen LogP contribution in [0.2, 0.25) is 0 Å². The van der Waals surface area contributed by atoms with Crippen molar-refractivity contribution in [3.05, 3.63) is 0 Å². The SMILES string of the molecule is CCCC(CCO)CN1CC(C)C1. The molecular weight excluding hydrogens is 162 g/mol. The van der Waals surface area contributed by atoms with E-state index in [1.54, 1.807) is 0 Å². The molecule has 0 saturated carbocycles. The van der Waals surface area contributed by atoms with E-state index in [2.05, 4.69) is 18.7 Å². The van der Waals surface area contributed by atoms with Crippen LogP contribution >= 0.6 is 0 Å². The van der Waals surface area contributed by atoms with Crippen molar-refractivity contribution in [3.8, 4) is 0 Å². The van der Waals surface area contributed by atoms with Gasteiger partial charge in [-0.15, -0.1) is 0 Å². The van der Waals surface area contributed by atoms with Gasteiger partial charge in [-0.2, -0.15) is 0 Å². The van der Waals surface area contributed by atoms with Gasteiger partial charge in [0, 0.05) is 26.2 Å². The minimum absolute atomic E-state index is 0.355. The van der Waals surface area contributed by atoms with Crippen molar-refractivity contribution in [3.63, 3.8) is 0 Å². The van der Waals surface area contributed by atoms with Crippen LogP contribution in [0.5, 0.6) is 0 Å². The highest BCUT2D eigenvalue weighted by atomic mass is 16.3. The van der Waals surface area contributed by atoms with Gasteiger partial charge >= 0.3 is 0 Å². The standard InChI is InChI=1S/C11H23NO/c1-3-4-11(5-6-13)9-12-7-10(2)8-12/h10-11,13H,3-9H2,1-2H3. The van der Waals surface area contributed by atoms with Crippen LogP contribution in [0.3, 0.4) is 0 Å². The third-order valence-corrected chi connectivity index (χ3v) is 2.89. The zero-order valence-corrected chi connectivity index (χ0v) is 9.00. The first kappa shape index (κ1) is 11.0. The number of hydrogen-bond acceptors (Lipinski definition) is 2. The molecule has 78 valence electrons. The molecule has 1 fully saturated rings. The van der Waals surface area contributed by atoms with E-state index < -0.39 is 0 Å². The molecular formula is C11H23NO. The van der Waals surface area contributed by atoms with Gasteiger partial charge in [0.15, 0.2) is 0 Å². The maximum absolute atomic E-state index is 8.90. The second-order valence-corrected chi connectivity index (χ2v) is 4.49. The van der Waals surface area contributed by atoms with E-state index in [9.17, 15) is 0 Å². The van der Waals surface area contributed by atoms with Gasteiger partial charge in [-0.1, -0.05) is 20.3 Å². The van der Waals surface area contributed by atoms with Crippen LogP contribution < -0.4 is 0 Å². The van der Waals surface area contributed by atoms with Gasteiger partial charge in [0.05, 0.1) is 0 Å². The fourth-order valence-electron chi connectivity index (χ4n) is 2.26. The smallest absolute Gasteiger partial charge is 0.0434 e. The molecule has 1 aliphatic heterocycles. The number of likely N-dealkylation sites (tertiary alicyclic amines) is 1. The van der Waals surface area contributed by atoms with Gasteiger partial charge < -0.3 is 10.0 Å². The summed E-state index contributed by atoms with van der Waals surface area (Å²) in [4.78, 5) is 2.51. The molecule has 0 aromatic carbocycles. The van der Waals surface area contributed by atoms with Crippen molar-refractivity contribution in [2.24, 2.45) is 11.8 Å². The van der Waals surface area contributed by atoms with E-state index in [4.69, 9.17) is 5.11 Å². The number of aliphatic hydroxyl groups excluding tert-OH is 1. The molecule has 1 aliphatic rings. The molecule has 1 N–H and O–H groups in total. The fourth-order valence-corrected chi connectivity index (χ4v) is 2.26. The van der Waals surface area contributed by atoms with Gasteiger partial charge in [0.25, 0.3) is 0 Å². The summed E-state index contributed by atoms with van der Waals surface area (Å²) in [5.41, 5.74) is 0. The average molecular weight is 185 g/mol. The fraction of sp³-hybridized carbons (Fsp3) is 1.00. The second kappa shape index (κ2) is 5.61. The van der Waals surface area contributed by atoms with Crippen LogP contribution in [0, 0.1) is 11.8 Å². The van der Waals surface area contributed by atoms with Gasteiger partial charge in [-0.05, 0) is 24.7 Å². The van der Waals surface area contributed by atoms with Crippen LogP contribution in [-0.4, -0.2) is 36.2 Å². The quantitative estimate of drug-likeness (QED) is 0.681. The van der Waals surface area contributed by atoms with E-state index in [0.717, 1.165) is 18.3 Å². The molecule has 1 heterocycles. The molecule has 0 amide bonds. The molecule has 0 aliphatic carbocycles. The highest BCUT2D eigenvalue weighted by Gasteiger charge is 2.24. The Labute approximate surface area is 81.9 Å². The molecule has 0 aromatic heterocycles. The number of rotatable bonds is 6. The molecule has 13 heavy (non-hydrogen) atoms. The zero-order valence-electron chi connectivity index (χ0n) is 9.00.